The molecule has 1 aliphatic heterocycles. The summed E-state index contributed by atoms with van der Waals surface area (Å²) in [5, 5.41) is 0. The number of rotatable bonds is 6. The Morgan fingerprint density at radius 3 is 2.73 bits per heavy atom. The maximum Gasteiger partial charge on any atom is 0.306 e. The van der Waals surface area contributed by atoms with Crippen molar-refractivity contribution >= 4 is 11.8 Å². The average Bonchev–Trinajstić information content (AvgIpc) is 2.61. The predicted molar refractivity (Wildman–Crippen MR) is 57.4 cm³/mol. The monoisotopic (exact) mass is 212 g/mol. The highest BCUT2D eigenvalue weighted by Crippen LogP contribution is 2.24. The number of Topliss-reactive ketones (excluding diaryl/α,β-unsaturated/α-hetero) is 1. The van der Waals surface area contributed by atoms with Crippen LogP contribution in [0.3, 0.4) is 0 Å². The van der Waals surface area contributed by atoms with Crippen LogP contribution in [0.15, 0.2) is 0 Å². The van der Waals surface area contributed by atoms with Crippen molar-refractivity contribution in [2.75, 3.05) is 0 Å². The van der Waals surface area contributed by atoms with Crippen LogP contribution in [0, 0.1) is 5.92 Å². The van der Waals surface area contributed by atoms with Crippen LogP contribution in [0.4, 0.5) is 0 Å². The van der Waals surface area contributed by atoms with Gasteiger partial charge in [0.25, 0.3) is 0 Å². The summed E-state index contributed by atoms with van der Waals surface area (Å²) in [5.41, 5.74) is 0. The highest BCUT2D eigenvalue weighted by molar-refractivity contribution is 5.81. The number of ketones is 1. The topological polar surface area (TPSA) is 43.4 Å². The zero-order valence-electron chi connectivity index (χ0n) is 9.62. The molecule has 0 spiro atoms. The molecule has 0 bridgehead atoms. The lowest BCUT2D eigenvalue weighted by Gasteiger charge is -2.17. The molecule has 0 aliphatic carbocycles. The molecule has 0 aromatic carbocycles. The van der Waals surface area contributed by atoms with Crippen molar-refractivity contribution in [1.82, 2.24) is 0 Å². The Kier molecular flexibility index (Phi) is 4.79. The van der Waals surface area contributed by atoms with Gasteiger partial charge in [0.05, 0.1) is 0 Å². The van der Waals surface area contributed by atoms with Crippen molar-refractivity contribution in [1.29, 1.82) is 0 Å². The van der Waals surface area contributed by atoms with Crippen LogP contribution in [-0.4, -0.2) is 17.9 Å². The lowest BCUT2D eigenvalue weighted by molar-refractivity contribution is -0.142. The molecule has 1 saturated heterocycles. The van der Waals surface area contributed by atoms with Crippen molar-refractivity contribution < 1.29 is 14.3 Å². The molecule has 86 valence electrons. The van der Waals surface area contributed by atoms with E-state index in [0.717, 1.165) is 25.7 Å². The molecule has 1 aliphatic rings. The van der Waals surface area contributed by atoms with Gasteiger partial charge in [-0.2, -0.15) is 0 Å². The Morgan fingerprint density at radius 1 is 1.53 bits per heavy atom. The molecule has 0 amide bonds. The Labute approximate surface area is 91.2 Å². The van der Waals surface area contributed by atoms with E-state index in [2.05, 4.69) is 0 Å². The number of hydrogen-bond donors (Lipinski definition) is 0. The van der Waals surface area contributed by atoms with Gasteiger partial charge in [-0.25, -0.2) is 0 Å². The fraction of sp³-hybridized carbons (Fsp3) is 0.833. The zero-order chi connectivity index (χ0) is 11.3. The number of esters is 1. The van der Waals surface area contributed by atoms with Crippen LogP contribution < -0.4 is 0 Å². The fourth-order valence-electron chi connectivity index (χ4n) is 2.04. The Morgan fingerprint density at radius 2 is 2.27 bits per heavy atom. The molecule has 0 aromatic rings. The lowest BCUT2D eigenvalue weighted by Crippen LogP contribution is -2.20. The first-order valence-electron chi connectivity index (χ1n) is 5.89. The molecule has 2 unspecified atom stereocenters. The van der Waals surface area contributed by atoms with Crippen molar-refractivity contribution in [3.63, 3.8) is 0 Å². The van der Waals surface area contributed by atoms with Gasteiger partial charge in [-0.1, -0.05) is 13.8 Å². The van der Waals surface area contributed by atoms with Crippen LogP contribution >= 0.6 is 0 Å². The van der Waals surface area contributed by atoms with Crippen molar-refractivity contribution in [3.8, 4) is 0 Å². The molecule has 0 radical (unpaired) electrons. The van der Waals surface area contributed by atoms with E-state index < -0.39 is 0 Å². The van der Waals surface area contributed by atoms with Gasteiger partial charge >= 0.3 is 5.97 Å². The quantitative estimate of drug-likeness (QED) is 0.635. The third-order valence-corrected chi connectivity index (χ3v) is 2.96. The third kappa shape index (κ3) is 3.65. The van der Waals surface area contributed by atoms with Crippen molar-refractivity contribution in [2.24, 2.45) is 5.92 Å². The smallest absolute Gasteiger partial charge is 0.306 e. The minimum atomic E-state index is -0.113. The fourth-order valence-corrected chi connectivity index (χ4v) is 2.04. The SMILES string of the molecule is CCCC(=O)C(CC)CC1CCC(=O)O1. The number of ether oxygens (including phenoxy) is 1. The molecule has 15 heavy (non-hydrogen) atoms. The maximum absolute atomic E-state index is 11.7. The van der Waals surface area contributed by atoms with Crippen LogP contribution in [0.5, 0.6) is 0 Å². The van der Waals surface area contributed by atoms with Crippen LogP contribution in [0.25, 0.3) is 0 Å². The van der Waals surface area contributed by atoms with E-state index in [1.807, 2.05) is 13.8 Å². The summed E-state index contributed by atoms with van der Waals surface area (Å²) in [6.07, 6.45) is 4.42. The largest absolute Gasteiger partial charge is 0.462 e. The maximum atomic E-state index is 11.7. The Bertz CT molecular complexity index is 235. The standard InChI is InChI=1S/C12H20O3/c1-3-5-11(13)9(4-2)8-10-6-7-12(14)15-10/h9-10H,3-8H2,1-2H3. The van der Waals surface area contributed by atoms with E-state index >= 15 is 0 Å². The number of carbonyl (C=O) groups excluding carboxylic acids is 2. The van der Waals surface area contributed by atoms with E-state index in [9.17, 15) is 9.59 Å². The normalized spacial score (nSPS) is 22.5. The van der Waals surface area contributed by atoms with Gasteiger partial charge in [0, 0.05) is 18.8 Å². The summed E-state index contributed by atoms with van der Waals surface area (Å²) < 4.78 is 5.13. The van der Waals surface area contributed by atoms with Crippen molar-refractivity contribution in [3.05, 3.63) is 0 Å². The summed E-state index contributed by atoms with van der Waals surface area (Å²) in [5.74, 6) is 0.293. The minimum Gasteiger partial charge on any atom is -0.462 e. The molecule has 1 fully saturated rings. The van der Waals surface area contributed by atoms with Gasteiger partial charge in [0.15, 0.2) is 0 Å². The molecule has 2 atom stereocenters. The first-order valence-corrected chi connectivity index (χ1v) is 5.89. The predicted octanol–water partition coefficient (Wildman–Crippen LogP) is 2.48. The second-order valence-electron chi connectivity index (χ2n) is 4.21. The molecule has 1 rings (SSSR count). The van der Waals surface area contributed by atoms with Gasteiger partial charge in [0.2, 0.25) is 0 Å². The summed E-state index contributed by atoms with van der Waals surface area (Å²) in [7, 11) is 0. The number of hydrogen-bond acceptors (Lipinski definition) is 3. The molecule has 0 N–H and O–H groups in total. The van der Waals surface area contributed by atoms with Gasteiger partial charge in [-0.3, -0.25) is 9.59 Å². The van der Waals surface area contributed by atoms with Gasteiger partial charge in [-0.05, 0) is 25.7 Å². The van der Waals surface area contributed by atoms with E-state index in [4.69, 9.17) is 4.74 Å². The molecule has 1 heterocycles. The summed E-state index contributed by atoms with van der Waals surface area (Å²) in [6.45, 7) is 4.04. The van der Waals surface area contributed by atoms with E-state index in [1.165, 1.54) is 0 Å². The molecule has 0 saturated carbocycles. The molecular weight excluding hydrogens is 192 g/mol. The first kappa shape index (κ1) is 12.2. The van der Waals surface area contributed by atoms with Gasteiger partial charge in [0.1, 0.15) is 11.9 Å². The van der Waals surface area contributed by atoms with Crippen LogP contribution in [0.1, 0.15) is 52.4 Å². The third-order valence-electron chi connectivity index (χ3n) is 2.96. The molecular formula is C12H20O3. The van der Waals surface area contributed by atoms with E-state index in [-0.39, 0.29) is 18.0 Å². The van der Waals surface area contributed by atoms with Crippen LogP contribution in [-0.2, 0) is 14.3 Å². The average molecular weight is 212 g/mol. The van der Waals surface area contributed by atoms with Gasteiger partial charge in [-0.15, -0.1) is 0 Å². The molecule has 3 heteroatoms. The summed E-state index contributed by atoms with van der Waals surface area (Å²) in [6, 6.07) is 0. The number of carbonyl (C=O) groups is 2. The van der Waals surface area contributed by atoms with E-state index in [1.54, 1.807) is 0 Å². The molecule has 3 nitrogen and oxygen atoms in total. The number of cyclic esters (lactones) is 1. The zero-order valence-corrected chi connectivity index (χ0v) is 9.62. The molecule has 0 aromatic heterocycles. The van der Waals surface area contributed by atoms with E-state index in [0.29, 0.717) is 18.6 Å². The van der Waals surface area contributed by atoms with Gasteiger partial charge < -0.3 is 4.74 Å². The first-order chi connectivity index (χ1) is 7.17. The second kappa shape index (κ2) is 5.89. The Balaban J connectivity index is 2.39. The summed E-state index contributed by atoms with van der Waals surface area (Å²) in [4.78, 5) is 22.6. The highest BCUT2D eigenvalue weighted by Gasteiger charge is 2.28. The second-order valence-corrected chi connectivity index (χ2v) is 4.21. The van der Waals surface area contributed by atoms with Crippen LogP contribution in [0.2, 0.25) is 0 Å². The summed E-state index contributed by atoms with van der Waals surface area (Å²) >= 11 is 0. The minimum absolute atomic E-state index is 0.0109. The van der Waals surface area contributed by atoms with Crippen molar-refractivity contribution in [2.45, 2.75) is 58.5 Å². The lowest BCUT2D eigenvalue weighted by atomic mass is 9.91. The Hall–Kier alpha value is -0.860. The highest BCUT2D eigenvalue weighted by atomic mass is 16.5.